The predicted molar refractivity (Wildman–Crippen MR) is 66.9 cm³/mol. The minimum absolute atomic E-state index is 0.908. The Balaban J connectivity index is 1.80. The van der Waals surface area contributed by atoms with Crippen molar-refractivity contribution in [3.05, 3.63) is 30.6 Å². The normalized spacial score (nSPS) is 16.1. The van der Waals surface area contributed by atoms with Crippen LogP contribution < -0.4 is 10.2 Å². The molecule has 2 N–H and O–H groups in total. The van der Waals surface area contributed by atoms with E-state index in [1.165, 1.54) is 0 Å². The zero-order chi connectivity index (χ0) is 11.5. The van der Waals surface area contributed by atoms with Crippen molar-refractivity contribution in [2.75, 3.05) is 31.1 Å². The first-order chi connectivity index (χ1) is 8.43. The van der Waals surface area contributed by atoms with Crippen molar-refractivity contribution in [2.24, 2.45) is 0 Å². The van der Waals surface area contributed by atoms with Gasteiger partial charge in [-0.15, -0.1) is 10.2 Å². The van der Waals surface area contributed by atoms with Gasteiger partial charge >= 0.3 is 0 Å². The highest BCUT2D eigenvalue weighted by atomic mass is 15.3. The topological polar surface area (TPSA) is 56.8 Å². The van der Waals surface area contributed by atoms with E-state index in [4.69, 9.17) is 0 Å². The summed E-state index contributed by atoms with van der Waals surface area (Å²) in [5.41, 5.74) is 1.98. The Morgan fingerprint density at radius 2 is 1.94 bits per heavy atom. The summed E-state index contributed by atoms with van der Waals surface area (Å²) >= 11 is 0. The first kappa shape index (κ1) is 10.3. The number of nitrogens with one attached hydrogen (secondary N) is 2. The van der Waals surface area contributed by atoms with Crippen molar-refractivity contribution in [3.63, 3.8) is 0 Å². The summed E-state index contributed by atoms with van der Waals surface area (Å²) in [7, 11) is 0. The highest BCUT2D eigenvalue weighted by molar-refractivity contribution is 5.58. The van der Waals surface area contributed by atoms with E-state index < -0.39 is 0 Å². The molecule has 0 atom stereocenters. The molecule has 1 aliphatic heterocycles. The molecule has 0 saturated carbocycles. The molecule has 0 bridgehead atoms. The van der Waals surface area contributed by atoms with Gasteiger partial charge in [0.1, 0.15) is 0 Å². The van der Waals surface area contributed by atoms with Crippen LogP contribution in [0.15, 0.2) is 30.6 Å². The van der Waals surface area contributed by atoms with E-state index in [2.05, 4.69) is 25.4 Å². The van der Waals surface area contributed by atoms with Crippen molar-refractivity contribution >= 4 is 5.82 Å². The molecule has 2 aromatic rings. The Kier molecular flexibility index (Phi) is 2.75. The zero-order valence-corrected chi connectivity index (χ0v) is 9.56. The fourth-order valence-corrected chi connectivity index (χ4v) is 2.02. The molecule has 88 valence electrons. The number of aromatic nitrogens is 3. The van der Waals surface area contributed by atoms with Crippen LogP contribution in [-0.2, 0) is 0 Å². The van der Waals surface area contributed by atoms with Crippen LogP contribution in [0, 0.1) is 0 Å². The molecule has 0 aromatic carbocycles. The fraction of sp³-hybridized carbons (Fsp3) is 0.333. The van der Waals surface area contributed by atoms with Gasteiger partial charge in [-0.3, -0.25) is 0 Å². The number of hydrogen-bond donors (Lipinski definition) is 2. The number of hydrogen-bond acceptors (Lipinski definition) is 4. The van der Waals surface area contributed by atoms with Crippen LogP contribution in [0.5, 0.6) is 0 Å². The van der Waals surface area contributed by atoms with Crippen LogP contribution in [0.4, 0.5) is 5.82 Å². The Morgan fingerprint density at radius 1 is 1.06 bits per heavy atom. The molecule has 17 heavy (non-hydrogen) atoms. The van der Waals surface area contributed by atoms with Gasteiger partial charge < -0.3 is 15.2 Å². The summed E-state index contributed by atoms with van der Waals surface area (Å²) < 4.78 is 0. The van der Waals surface area contributed by atoms with Crippen molar-refractivity contribution in [3.8, 4) is 11.3 Å². The monoisotopic (exact) mass is 229 g/mol. The lowest BCUT2D eigenvalue weighted by Gasteiger charge is -2.27. The molecule has 3 heterocycles. The largest absolute Gasteiger partial charge is 0.367 e. The molecule has 0 radical (unpaired) electrons. The van der Waals surface area contributed by atoms with E-state index in [0.717, 1.165) is 43.3 Å². The zero-order valence-electron chi connectivity index (χ0n) is 9.56. The highest BCUT2D eigenvalue weighted by Gasteiger charge is 2.12. The van der Waals surface area contributed by atoms with Gasteiger partial charge in [0.05, 0.1) is 5.69 Å². The maximum atomic E-state index is 4.29. The third-order valence-electron chi connectivity index (χ3n) is 2.99. The molecule has 2 aromatic heterocycles. The van der Waals surface area contributed by atoms with E-state index in [0.29, 0.717) is 0 Å². The first-order valence-corrected chi connectivity index (χ1v) is 5.86. The summed E-state index contributed by atoms with van der Waals surface area (Å²) in [4.78, 5) is 5.27. The number of piperazine rings is 1. The van der Waals surface area contributed by atoms with Crippen molar-refractivity contribution < 1.29 is 0 Å². The summed E-state index contributed by atoms with van der Waals surface area (Å²) in [6, 6.07) is 6.06. The maximum absolute atomic E-state index is 4.29. The molecule has 0 aliphatic carbocycles. The minimum atomic E-state index is 0.908. The summed E-state index contributed by atoms with van der Waals surface area (Å²) in [6.45, 7) is 4.03. The molecule has 1 fully saturated rings. The van der Waals surface area contributed by atoms with E-state index >= 15 is 0 Å². The van der Waals surface area contributed by atoms with Crippen LogP contribution in [0.2, 0.25) is 0 Å². The molecular formula is C12H15N5. The maximum Gasteiger partial charge on any atom is 0.151 e. The average Bonchev–Trinajstić information content (AvgIpc) is 2.94. The number of H-pyrrole nitrogens is 1. The van der Waals surface area contributed by atoms with Gasteiger partial charge in [-0.2, -0.15) is 0 Å². The van der Waals surface area contributed by atoms with Crippen molar-refractivity contribution in [1.82, 2.24) is 20.5 Å². The number of aromatic amines is 1. The number of nitrogens with zero attached hydrogens (tertiary/aromatic N) is 3. The van der Waals surface area contributed by atoms with Gasteiger partial charge in [-0.25, -0.2) is 0 Å². The number of anilines is 1. The van der Waals surface area contributed by atoms with Gasteiger partial charge in [0.15, 0.2) is 5.82 Å². The van der Waals surface area contributed by atoms with Crippen molar-refractivity contribution in [2.45, 2.75) is 0 Å². The Morgan fingerprint density at radius 3 is 2.59 bits per heavy atom. The second-order valence-corrected chi connectivity index (χ2v) is 4.11. The van der Waals surface area contributed by atoms with E-state index in [-0.39, 0.29) is 0 Å². The first-order valence-electron chi connectivity index (χ1n) is 5.86. The smallest absolute Gasteiger partial charge is 0.151 e. The average molecular weight is 229 g/mol. The van der Waals surface area contributed by atoms with Crippen LogP contribution in [0.3, 0.4) is 0 Å². The lowest BCUT2D eigenvalue weighted by atomic mass is 10.2. The van der Waals surface area contributed by atoms with Crippen LogP contribution in [-0.4, -0.2) is 41.4 Å². The molecule has 0 spiro atoms. The van der Waals surface area contributed by atoms with Crippen LogP contribution in [0.25, 0.3) is 11.3 Å². The van der Waals surface area contributed by atoms with Gasteiger partial charge in [0.2, 0.25) is 0 Å². The third-order valence-corrected chi connectivity index (χ3v) is 2.99. The fourth-order valence-electron chi connectivity index (χ4n) is 2.02. The summed E-state index contributed by atoms with van der Waals surface area (Å²) in [5.74, 6) is 0.964. The molecule has 5 nitrogen and oxygen atoms in total. The van der Waals surface area contributed by atoms with Gasteiger partial charge in [0.25, 0.3) is 0 Å². The Labute approximate surface area is 99.9 Å². The molecule has 0 unspecified atom stereocenters. The molecule has 1 aliphatic rings. The van der Waals surface area contributed by atoms with Gasteiger partial charge in [-0.05, 0) is 18.2 Å². The second-order valence-electron chi connectivity index (χ2n) is 4.11. The highest BCUT2D eigenvalue weighted by Crippen LogP contribution is 2.17. The van der Waals surface area contributed by atoms with E-state index in [9.17, 15) is 0 Å². The molecule has 1 saturated heterocycles. The Bertz CT molecular complexity index is 456. The van der Waals surface area contributed by atoms with E-state index in [1.807, 2.05) is 30.6 Å². The predicted octanol–water partition coefficient (Wildman–Crippen LogP) is 0.881. The van der Waals surface area contributed by atoms with Gasteiger partial charge in [0, 0.05) is 44.1 Å². The quantitative estimate of drug-likeness (QED) is 0.802. The standard InChI is InChI=1S/C12H15N5/c1-2-12(17-7-5-13-6-8-17)16-15-11(1)10-3-4-14-9-10/h1-4,9,13-14H,5-8H2. The van der Waals surface area contributed by atoms with Crippen molar-refractivity contribution in [1.29, 1.82) is 0 Å². The molecule has 0 amide bonds. The summed E-state index contributed by atoms with van der Waals surface area (Å²) in [5, 5.41) is 11.9. The minimum Gasteiger partial charge on any atom is -0.367 e. The summed E-state index contributed by atoms with van der Waals surface area (Å²) in [6.07, 6.45) is 3.82. The van der Waals surface area contributed by atoms with Gasteiger partial charge in [-0.1, -0.05) is 0 Å². The lowest BCUT2D eigenvalue weighted by molar-refractivity contribution is 0.583. The van der Waals surface area contributed by atoms with E-state index in [1.54, 1.807) is 0 Å². The second kappa shape index (κ2) is 4.55. The molecule has 3 rings (SSSR count). The SMILES string of the molecule is c1cc(-c2ccc(N3CCNCC3)nn2)c[nH]1. The molecular weight excluding hydrogens is 214 g/mol. The number of rotatable bonds is 2. The Hall–Kier alpha value is -1.88. The van der Waals surface area contributed by atoms with Crippen LogP contribution >= 0.6 is 0 Å². The lowest BCUT2D eigenvalue weighted by Crippen LogP contribution is -2.43. The third kappa shape index (κ3) is 2.14. The van der Waals surface area contributed by atoms with Crippen LogP contribution in [0.1, 0.15) is 0 Å². The molecule has 5 heteroatoms.